The first kappa shape index (κ1) is 43.8. The number of fused-ring (bicyclic) bond motifs is 4. The zero-order chi connectivity index (χ0) is 41.2. The van der Waals surface area contributed by atoms with E-state index >= 15 is 0 Å². The number of hydrogen-bond acceptors (Lipinski definition) is 10. The largest absolute Gasteiger partial charge is 0.444 e. The van der Waals surface area contributed by atoms with Gasteiger partial charge in [0.25, 0.3) is 5.91 Å². The topological polar surface area (TPSA) is 178 Å². The van der Waals surface area contributed by atoms with Crippen molar-refractivity contribution in [3.05, 3.63) is 35.5 Å². The van der Waals surface area contributed by atoms with Crippen molar-refractivity contribution in [2.24, 2.45) is 11.3 Å². The average Bonchev–Trinajstić information content (AvgIpc) is 3.78. The van der Waals surface area contributed by atoms with Crippen LogP contribution in [0.25, 0.3) is 0 Å². The van der Waals surface area contributed by atoms with E-state index in [1.807, 2.05) is 52.5 Å². The quantitative estimate of drug-likeness (QED) is 0.262. The lowest BCUT2D eigenvalue weighted by Crippen LogP contribution is -2.70. The Morgan fingerprint density at radius 2 is 1.80 bits per heavy atom. The van der Waals surface area contributed by atoms with Gasteiger partial charge in [0.15, 0.2) is 6.35 Å². The maximum absolute atomic E-state index is 14.8. The van der Waals surface area contributed by atoms with Gasteiger partial charge < -0.3 is 20.1 Å². The van der Waals surface area contributed by atoms with Gasteiger partial charge in [0.05, 0.1) is 17.8 Å². The minimum absolute atomic E-state index is 0.0347. The number of sulfonamides is 1. The van der Waals surface area contributed by atoms with E-state index in [1.54, 1.807) is 11.0 Å². The molecule has 15 heteroatoms. The summed E-state index contributed by atoms with van der Waals surface area (Å²) in [5.74, 6) is -2.49. The first-order chi connectivity index (χ1) is 26.4. The van der Waals surface area contributed by atoms with Gasteiger partial charge in [-0.25, -0.2) is 13.2 Å². The molecule has 4 bridgehead atoms. The van der Waals surface area contributed by atoms with Crippen LogP contribution in [0.2, 0.25) is 0 Å². The Morgan fingerprint density at radius 1 is 1.11 bits per heavy atom. The van der Waals surface area contributed by atoms with E-state index < -0.39 is 80.5 Å². The standard InChI is InChI=1S/C41H66N6O8S/c1-9-27-16-14-12-13-15-21-46(26(4)5)38(51)42-34(40(6,7)8)36(49)47-24-30(55-39(52)45-23-28(10-2)32(27)25-45)22-33(47)35(48)43-41(20-19-29(41)11-3)37(50)44-56(53,54)31-17-18-31/h10-11,26,29-31,33-34,38,42,51H,3,9,12-25H2,1-2,4-8H3,(H,43,48)(H,44,50)/b28-10-,32-27+/t29-,30-,33+,34-,38?,41-/m1/s1. The number of aliphatic hydroxyl groups is 1. The highest BCUT2D eigenvalue weighted by Gasteiger charge is 2.56. The van der Waals surface area contributed by atoms with Crippen LogP contribution >= 0.6 is 0 Å². The Labute approximate surface area is 333 Å². The van der Waals surface area contributed by atoms with Gasteiger partial charge in [0.1, 0.15) is 17.7 Å². The summed E-state index contributed by atoms with van der Waals surface area (Å²) in [4.78, 5) is 61.9. The van der Waals surface area contributed by atoms with Crippen LogP contribution in [-0.4, -0.2) is 120 Å². The summed E-state index contributed by atoms with van der Waals surface area (Å²) < 4.78 is 34.0. The molecule has 6 atom stereocenters. The van der Waals surface area contributed by atoms with Gasteiger partial charge >= 0.3 is 6.09 Å². The summed E-state index contributed by atoms with van der Waals surface area (Å²) in [6.45, 7) is 18.9. The second-order valence-corrected chi connectivity index (χ2v) is 19.7. The lowest BCUT2D eigenvalue weighted by Gasteiger charge is -2.47. The summed E-state index contributed by atoms with van der Waals surface area (Å²) >= 11 is 0. The van der Waals surface area contributed by atoms with Gasteiger partial charge in [-0.3, -0.25) is 34.2 Å². The predicted molar refractivity (Wildman–Crippen MR) is 214 cm³/mol. The molecule has 56 heavy (non-hydrogen) atoms. The number of aliphatic hydroxyl groups excluding tert-OH is 1. The number of nitrogens with one attached hydrogen (secondary N) is 3. The lowest BCUT2D eigenvalue weighted by atomic mass is 9.66. The third-order valence-corrected chi connectivity index (χ3v) is 14.3. The fourth-order valence-corrected chi connectivity index (χ4v) is 10.0. The molecule has 2 saturated carbocycles. The van der Waals surface area contributed by atoms with E-state index in [1.165, 1.54) is 16.0 Å². The van der Waals surface area contributed by atoms with Crippen LogP contribution in [0.4, 0.5) is 4.79 Å². The molecule has 0 aromatic heterocycles. The molecule has 0 spiro atoms. The highest BCUT2D eigenvalue weighted by atomic mass is 32.2. The number of nitrogens with zero attached hydrogens (tertiary/aromatic N) is 3. The zero-order valence-electron chi connectivity index (χ0n) is 34.6. The van der Waals surface area contributed by atoms with E-state index in [0.717, 1.165) is 44.1 Å². The van der Waals surface area contributed by atoms with Crippen molar-refractivity contribution in [3.8, 4) is 0 Å². The molecule has 2 saturated heterocycles. The van der Waals surface area contributed by atoms with Crippen molar-refractivity contribution >= 4 is 33.8 Å². The molecular formula is C41H66N6O8S. The second-order valence-electron chi connectivity index (χ2n) is 17.7. The molecule has 0 radical (unpaired) electrons. The predicted octanol–water partition coefficient (Wildman–Crippen LogP) is 4.08. The van der Waals surface area contributed by atoms with Crippen molar-refractivity contribution in [3.63, 3.8) is 0 Å². The van der Waals surface area contributed by atoms with Crippen LogP contribution in [0.5, 0.6) is 0 Å². The molecule has 5 rings (SSSR count). The van der Waals surface area contributed by atoms with Gasteiger partial charge in [-0.2, -0.15) is 0 Å². The molecular weight excluding hydrogens is 737 g/mol. The molecule has 14 nitrogen and oxygen atoms in total. The Bertz CT molecular complexity index is 1680. The van der Waals surface area contributed by atoms with E-state index in [9.17, 15) is 32.7 Å². The Morgan fingerprint density at radius 3 is 2.38 bits per heavy atom. The molecule has 0 aromatic rings. The van der Waals surface area contributed by atoms with Crippen LogP contribution in [0.15, 0.2) is 35.5 Å². The van der Waals surface area contributed by atoms with Gasteiger partial charge in [0.2, 0.25) is 21.8 Å². The van der Waals surface area contributed by atoms with Gasteiger partial charge in [-0.05, 0) is 88.7 Å². The number of carbonyl (C=O) groups is 4. The van der Waals surface area contributed by atoms with E-state index in [2.05, 4.69) is 28.9 Å². The Balaban J connectivity index is 1.49. The summed E-state index contributed by atoms with van der Waals surface area (Å²) in [6, 6.07) is -2.16. The van der Waals surface area contributed by atoms with Crippen LogP contribution < -0.4 is 15.4 Å². The summed E-state index contributed by atoms with van der Waals surface area (Å²) in [7, 11) is -3.92. The maximum Gasteiger partial charge on any atom is 0.410 e. The molecule has 0 aromatic carbocycles. The third-order valence-electron chi connectivity index (χ3n) is 12.4. The van der Waals surface area contributed by atoms with Crippen LogP contribution in [-0.2, 0) is 29.1 Å². The fourth-order valence-electron chi connectivity index (χ4n) is 8.67. The Kier molecular flexibility index (Phi) is 13.9. The summed E-state index contributed by atoms with van der Waals surface area (Å²) in [5, 5.41) is 17.1. The van der Waals surface area contributed by atoms with Crippen molar-refractivity contribution in [2.75, 3.05) is 26.2 Å². The van der Waals surface area contributed by atoms with Crippen molar-refractivity contribution in [2.45, 2.75) is 160 Å². The summed E-state index contributed by atoms with van der Waals surface area (Å²) in [5.41, 5.74) is 1.27. The van der Waals surface area contributed by atoms with Gasteiger partial charge in [0, 0.05) is 38.0 Å². The number of ether oxygens (including phenoxy) is 1. The number of amides is 4. The second kappa shape index (κ2) is 17.7. The molecule has 3 aliphatic heterocycles. The average molecular weight is 803 g/mol. The monoisotopic (exact) mass is 802 g/mol. The molecule has 2 aliphatic carbocycles. The fraction of sp³-hybridized carbons (Fsp3) is 0.756. The number of rotatable bonds is 8. The molecule has 4 N–H and O–H groups in total. The first-order valence-electron chi connectivity index (χ1n) is 20.7. The molecule has 4 fully saturated rings. The number of hydrogen-bond donors (Lipinski definition) is 4. The van der Waals surface area contributed by atoms with Crippen molar-refractivity contribution in [1.82, 2.24) is 30.1 Å². The van der Waals surface area contributed by atoms with Crippen molar-refractivity contribution in [1.29, 1.82) is 0 Å². The molecule has 3 heterocycles. The Hall–Kier alpha value is -3.27. The van der Waals surface area contributed by atoms with E-state index in [-0.39, 0.29) is 25.4 Å². The van der Waals surface area contributed by atoms with Crippen LogP contribution in [0.1, 0.15) is 119 Å². The SMILES string of the molecule is C=C[C@@H]1CC[C@]1(NC(=O)[C@@H]1C[C@@H]2CN1C(=O)[C@H](C(C)(C)C)NC(O)N(C(C)C)CCCCCC/C(CC)=C1\CN(C\C1=C\C)C(=O)O2)C(=O)NS(=O)(=O)C1CC1. The molecule has 1 unspecified atom stereocenters. The molecule has 314 valence electrons. The minimum atomic E-state index is -3.92. The van der Waals surface area contributed by atoms with Crippen LogP contribution in [0.3, 0.4) is 0 Å². The van der Waals surface area contributed by atoms with Gasteiger partial charge in [-0.1, -0.05) is 58.3 Å². The van der Waals surface area contributed by atoms with Crippen molar-refractivity contribution < 1.29 is 37.4 Å². The summed E-state index contributed by atoms with van der Waals surface area (Å²) in [6.07, 6.45) is 8.31. The number of carbonyl (C=O) groups excluding carboxylic acids is 4. The van der Waals surface area contributed by atoms with Gasteiger partial charge in [-0.15, -0.1) is 6.58 Å². The zero-order valence-corrected chi connectivity index (χ0v) is 35.4. The third kappa shape index (κ3) is 9.53. The lowest BCUT2D eigenvalue weighted by molar-refractivity contribution is -0.148. The van der Waals surface area contributed by atoms with E-state index in [4.69, 9.17) is 4.74 Å². The number of allylic oxidation sites excluding steroid dienone is 2. The first-order valence-corrected chi connectivity index (χ1v) is 22.2. The highest BCUT2D eigenvalue weighted by molar-refractivity contribution is 7.91. The molecule has 5 aliphatic rings. The smallest absolute Gasteiger partial charge is 0.410 e. The van der Waals surface area contributed by atoms with E-state index in [0.29, 0.717) is 38.9 Å². The highest BCUT2D eigenvalue weighted by Crippen LogP contribution is 2.41. The maximum atomic E-state index is 14.8. The normalized spacial score (nSPS) is 32.6. The minimum Gasteiger partial charge on any atom is -0.444 e. The van der Waals surface area contributed by atoms with Crippen LogP contribution in [0, 0.1) is 11.3 Å². The molecule has 4 amide bonds.